The van der Waals surface area contributed by atoms with Crippen LogP contribution in [0.2, 0.25) is 0 Å². The summed E-state index contributed by atoms with van der Waals surface area (Å²) in [6.07, 6.45) is 14.6. The lowest BCUT2D eigenvalue weighted by molar-refractivity contribution is 1.18. The molecule has 7 heterocycles. The fourth-order valence-corrected chi connectivity index (χ4v) is 7.32. The van der Waals surface area contributed by atoms with E-state index in [1.54, 1.807) is 24.8 Å². The summed E-state index contributed by atoms with van der Waals surface area (Å²) in [4.78, 5) is 27.9. The van der Waals surface area contributed by atoms with Crippen LogP contribution in [-0.2, 0) is 0 Å². The van der Waals surface area contributed by atoms with Crippen molar-refractivity contribution in [3.63, 3.8) is 0 Å². The SMILES string of the molecule is c1cncc(-c2cc(-c3cc(-c4cc(-c5cccnc5)nc(-c5cccnc5)c4)cc(-n4c5ccccc5c5ccccc54)c3)cc(-c3cccnc3)n2)c1. The molecule has 0 aliphatic heterocycles. The number of benzene rings is 3. The van der Waals surface area contributed by atoms with Gasteiger partial charge in [0.1, 0.15) is 0 Å². The van der Waals surface area contributed by atoms with Gasteiger partial charge in [0.25, 0.3) is 0 Å². The molecule has 0 fully saturated rings. The van der Waals surface area contributed by atoms with Crippen molar-refractivity contribution >= 4 is 21.8 Å². The van der Waals surface area contributed by atoms with Gasteiger partial charge in [-0.15, -0.1) is 0 Å². The van der Waals surface area contributed by atoms with Crippen LogP contribution in [0.1, 0.15) is 0 Å². The summed E-state index contributed by atoms with van der Waals surface area (Å²) in [5.41, 5.74) is 14.5. The van der Waals surface area contributed by atoms with Crippen molar-refractivity contribution in [1.29, 1.82) is 0 Å². The highest BCUT2D eigenvalue weighted by molar-refractivity contribution is 6.09. The van der Waals surface area contributed by atoms with E-state index < -0.39 is 0 Å². The van der Waals surface area contributed by atoms with Crippen LogP contribution in [0.3, 0.4) is 0 Å². The minimum atomic E-state index is 0.829. The molecular weight excluding hydrogens is 675 g/mol. The summed E-state index contributed by atoms with van der Waals surface area (Å²) >= 11 is 0. The fraction of sp³-hybridized carbons (Fsp3) is 0. The Bertz CT molecular complexity index is 2650. The number of hydrogen-bond acceptors (Lipinski definition) is 6. The van der Waals surface area contributed by atoms with Crippen LogP contribution in [0, 0.1) is 0 Å². The number of pyridine rings is 6. The largest absolute Gasteiger partial charge is 0.309 e. The zero-order chi connectivity index (χ0) is 36.6. The lowest BCUT2D eigenvalue weighted by Gasteiger charge is -2.16. The van der Waals surface area contributed by atoms with Crippen molar-refractivity contribution in [3.8, 4) is 73.0 Å². The summed E-state index contributed by atoms with van der Waals surface area (Å²) in [6.45, 7) is 0. The Hall–Kier alpha value is -7.64. The van der Waals surface area contributed by atoms with Gasteiger partial charge in [0, 0.05) is 88.3 Å². The maximum Gasteiger partial charge on any atom is 0.0731 e. The van der Waals surface area contributed by atoms with Gasteiger partial charge in [-0.25, -0.2) is 9.97 Å². The van der Waals surface area contributed by atoms with E-state index in [0.717, 1.165) is 84.0 Å². The van der Waals surface area contributed by atoms with Crippen molar-refractivity contribution < 1.29 is 0 Å². The van der Waals surface area contributed by atoms with Gasteiger partial charge in [-0.2, -0.15) is 0 Å². The maximum atomic E-state index is 5.12. The molecule has 0 aliphatic rings. The Kier molecular flexibility index (Phi) is 8.00. The average Bonchev–Trinajstić information content (AvgIpc) is 3.61. The van der Waals surface area contributed by atoms with Gasteiger partial charge in [-0.05, 0) is 125 Å². The first kappa shape index (κ1) is 32.0. The molecule has 7 heteroatoms. The Morgan fingerprint density at radius 3 is 1.00 bits per heavy atom. The van der Waals surface area contributed by atoms with Crippen LogP contribution in [-0.4, -0.2) is 34.5 Å². The van der Waals surface area contributed by atoms with E-state index >= 15 is 0 Å². The third-order valence-electron chi connectivity index (χ3n) is 9.90. The highest BCUT2D eigenvalue weighted by Gasteiger charge is 2.17. The highest BCUT2D eigenvalue weighted by atomic mass is 15.0. The first-order chi connectivity index (χ1) is 27.2. The summed E-state index contributed by atoms with van der Waals surface area (Å²) in [5.74, 6) is 0. The molecule has 0 spiro atoms. The van der Waals surface area contributed by atoms with Gasteiger partial charge < -0.3 is 4.57 Å². The standard InChI is InChI=1S/C48H31N7/c1-3-15-47-41(13-1)42-14-2-4-16-48(42)55(47)40-22-36(38-24-43(32-9-5-17-49-28-32)53-44(25-38)33-10-6-18-50-29-33)21-37(23-40)39-26-45(34-11-7-19-51-30-34)54-46(27-39)35-12-8-20-52-31-35/h1-31H. The number of para-hydroxylation sites is 2. The molecule has 7 aromatic heterocycles. The van der Waals surface area contributed by atoms with Crippen LogP contribution in [0.25, 0.3) is 94.8 Å². The zero-order valence-electron chi connectivity index (χ0n) is 29.5. The molecule has 0 saturated carbocycles. The van der Waals surface area contributed by atoms with Crippen LogP contribution in [0.5, 0.6) is 0 Å². The first-order valence-corrected chi connectivity index (χ1v) is 18.1. The molecule has 10 rings (SSSR count). The van der Waals surface area contributed by atoms with Gasteiger partial charge in [0.05, 0.1) is 33.8 Å². The Labute approximate surface area is 317 Å². The van der Waals surface area contributed by atoms with E-state index in [9.17, 15) is 0 Å². The second-order valence-corrected chi connectivity index (χ2v) is 13.4. The van der Waals surface area contributed by atoms with E-state index in [4.69, 9.17) is 9.97 Å². The van der Waals surface area contributed by atoms with Gasteiger partial charge in [0.15, 0.2) is 0 Å². The third-order valence-corrected chi connectivity index (χ3v) is 9.90. The number of fused-ring (bicyclic) bond motifs is 3. The second-order valence-electron chi connectivity index (χ2n) is 13.4. The molecule has 3 aromatic carbocycles. The molecule has 0 unspecified atom stereocenters. The van der Waals surface area contributed by atoms with Crippen LogP contribution >= 0.6 is 0 Å². The molecule has 7 nitrogen and oxygen atoms in total. The quantitative estimate of drug-likeness (QED) is 0.164. The lowest BCUT2D eigenvalue weighted by atomic mass is 9.95. The molecule has 0 saturated heterocycles. The van der Waals surface area contributed by atoms with E-state index in [-0.39, 0.29) is 0 Å². The van der Waals surface area contributed by atoms with Gasteiger partial charge in [0.2, 0.25) is 0 Å². The summed E-state index contributed by atoms with van der Waals surface area (Å²) < 4.78 is 2.37. The van der Waals surface area contributed by atoms with Crippen LogP contribution < -0.4 is 0 Å². The van der Waals surface area contributed by atoms with Crippen LogP contribution in [0.4, 0.5) is 0 Å². The van der Waals surface area contributed by atoms with Gasteiger partial charge in [-0.3, -0.25) is 19.9 Å². The molecule has 55 heavy (non-hydrogen) atoms. The Morgan fingerprint density at radius 1 is 0.309 bits per heavy atom. The van der Waals surface area contributed by atoms with E-state index in [1.807, 2.05) is 73.3 Å². The topological polar surface area (TPSA) is 82.3 Å². The monoisotopic (exact) mass is 705 g/mol. The third kappa shape index (κ3) is 6.09. The predicted octanol–water partition coefficient (Wildman–Crippen LogP) is 11.2. The fourth-order valence-electron chi connectivity index (χ4n) is 7.32. The number of rotatable bonds is 7. The molecule has 10 aromatic rings. The highest BCUT2D eigenvalue weighted by Crippen LogP contribution is 2.39. The molecule has 0 N–H and O–H groups in total. The van der Waals surface area contributed by atoms with Crippen molar-refractivity contribution in [2.45, 2.75) is 0 Å². The molecule has 0 bridgehead atoms. The van der Waals surface area contributed by atoms with Crippen molar-refractivity contribution in [1.82, 2.24) is 34.5 Å². The van der Waals surface area contributed by atoms with Gasteiger partial charge >= 0.3 is 0 Å². The molecule has 0 atom stereocenters. The number of aromatic nitrogens is 7. The van der Waals surface area contributed by atoms with Crippen molar-refractivity contribution in [2.24, 2.45) is 0 Å². The second kappa shape index (κ2) is 13.7. The average molecular weight is 706 g/mol. The smallest absolute Gasteiger partial charge is 0.0731 e. The van der Waals surface area contributed by atoms with Crippen molar-refractivity contribution in [2.75, 3.05) is 0 Å². The summed E-state index contributed by atoms with van der Waals surface area (Å²) in [6, 6.07) is 48.6. The minimum Gasteiger partial charge on any atom is -0.309 e. The zero-order valence-corrected chi connectivity index (χ0v) is 29.5. The Balaban J connectivity index is 1.27. The molecular formula is C48H31N7. The van der Waals surface area contributed by atoms with Crippen LogP contribution in [0.15, 0.2) is 189 Å². The number of hydrogen-bond donors (Lipinski definition) is 0. The van der Waals surface area contributed by atoms with E-state index in [2.05, 4.69) is 115 Å². The lowest BCUT2D eigenvalue weighted by Crippen LogP contribution is -1.98. The summed E-state index contributed by atoms with van der Waals surface area (Å²) in [5, 5.41) is 2.40. The molecule has 0 amide bonds. The first-order valence-electron chi connectivity index (χ1n) is 18.1. The number of nitrogens with zero attached hydrogens (tertiary/aromatic N) is 7. The predicted molar refractivity (Wildman–Crippen MR) is 220 cm³/mol. The van der Waals surface area contributed by atoms with Crippen molar-refractivity contribution in [3.05, 3.63) is 189 Å². The Morgan fingerprint density at radius 2 is 0.655 bits per heavy atom. The minimum absolute atomic E-state index is 0.829. The normalized spacial score (nSPS) is 11.3. The molecule has 258 valence electrons. The maximum absolute atomic E-state index is 5.12. The molecule has 0 radical (unpaired) electrons. The van der Waals surface area contributed by atoms with Gasteiger partial charge in [-0.1, -0.05) is 36.4 Å². The van der Waals surface area contributed by atoms with E-state index in [1.165, 1.54) is 10.8 Å². The summed E-state index contributed by atoms with van der Waals surface area (Å²) in [7, 11) is 0. The molecule has 0 aliphatic carbocycles. The van der Waals surface area contributed by atoms with E-state index in [0.29, 0.717) is 0 Å².